The van der Waals surface area contributed by atoms with Crippen LogP contribution in [0.1, 0.15) is 33.6 Å². The van der Waals surface area contributed by atoms with Crippen molar-refractivity contribution in [3.63, 3.8) is 0 Å². The highest BCUT2D eigenvalue weighted by Crippen LogP contribution is 2.31. The zero-order valence-electron chi connectivity index (χ0n) is 18.4. The molecule has 8 nitrogen and oxygen atoms in total. The number of carbonyl (C=O) groups excluding carboxylic acids is 2. The Morgan fingerprint density at radius 1 is 0.943 bits per heavy atom. The number of imide groups is 1. The number of benzene rings is 3. The van der Waals surface area contributed by atoms with Gasteiger partial charge >= 0.3 is 0 Å². The highest BCUT2D eigenvalue weighted by atomic mass is 32.2. The van der Waals surface area contributed by atoms with Gasteiger partial charge in [-0.25, -0.2) is 12.8 Å². The van der Waals surface area contributed by atoms with Gasteiger partial charge in [0, 0.05) is 12.3 Å². The second-order valence-electron chi connectivity index (χ2n) is 8.25. The average molecular weight is 497 g/mol. The predicted molar refractivity (Wildman–Crippen MR) is 125 cm³/mol. The number of carbonyl (C=O) groups is 2. The van der Waals surface area contributed by atoms with E-state index in [4.69, 9.17) is 9.47 Å². The Kier molecular flexibility index (Phi) is 6.00. The number of amides is 2. The molecule has 0 radical (unpaired) electrons. The molecule has 3 aromatic carbocycles. The van der Waals surface area contributed by atoms with Crippen LogP contribution in [0.5, 0.6) is 11.5 Å². The summed E-state index contributed by atoms with van der Waals surface area (Å²) in [5.41, 5.74) is 0.890. The molecule has 1 unspecified atom stereocenters. The van der Waals surface area contributed by atoms with E-state index in [1.807, 2.05) is 0 Å². The molecule has 0 aliphatic carbocycles. The molecular weight excluding hydrogens is 475 g/mol. The van der Waals surface area contributed by atoms with E-state index in [9.17, 15) is 22.4 Å². The van der Waals surface area contributed by atoms with Gasteiger partial charge in [-0.15, -0.1) is 0 Å². The molecule has 5 rings (SSSR count). The lowest BCUT2D eigenvalue weighted by Gasteiger charge is -2.17. The smallest absolute Gasteiger partial charge is 0.261 e. The number of sulfonamides is 1. The maximum absolute atomic E-state index is 13.1. The van der Waals surface area contributed by atoms with E-state index in [0.717, 1.165) is 25.0 Å². The molecule has 0 spiro atoms. The van der Waals surface area contributed by atoms with E-state index in [1.165, 1.54) is 35.2 Å². The molecule has 2 aliphatic rings. The first-order valence-electron chi connectivity index (χ1n) is 11.0. The minimum absolute atomic E-state index is 0.0647. The summed E-state index contributed by atoms with van der Waals surface area (Å²) in [7, 11) is -3.87. The molecule has 1 atom stereocenters. The van der Waals surface area contributed by atoms with Gasteiger partial charge < -0.3 is 9.47 Å². The summed E-state index contributed by atoms with van der Waals surface area (Å²) in [4.78, 5) is 26.6. The van der Waals surface area contributed by atoms with E-state index in [-0.39, 0.29) is 34.9 Å². The van der Waals surface area contributed by atoms with Crippen molar-refractivity contribution in [3.8, 4) is 11.5 Å². The summed E-state index contributed by atoms with van der Waals surface area (Å²) < 4.78 is 51.8. The standard InChI is InChI=1S/C25H21FN2O6S/c26-16-3-10-21(11-4-16)35(31,32)27-17-5-7-18(8-6-17)34-19-9-12-22-23(14-19)25(30)28(24(22)29)15-20-2-1-13-33-20/h3-12,14,20,27H,1-2,13,15H2. The highest BCUT2D eigenvalue weighted by molar-refractivity contribution is 7.92. The third-order valence-corrected chi connectivity index (χ3v) is 7.22. The molecule has 1 fully saturated rings. The Morgan fingerprint density at radius 3 is 2.31 bits per heavy atom. The first-order chi connectivity index (χ1) is 16.8. The van der Waals surface area contributed by atoms with Crippen LogP contribution >= 0.6 is 0 Å². The van der Waals surface area contributed by atoms with Crippen molar-refractivity contribution in [2.75, 3.05) is 17.9 Å². The van der Waals surface area contributed by atoms with Crippen molar-refractivity contribution in [1.29, 1.82) is 0 Å². The molecule has 35 heavy (non-hydrogen) atoms. The summed E-state index contributed by atoms with van der Waals surface area (Å²) in [5.74, 6) is -0.480. The van der Waals surface area contributed by atoms with Gasteiger partial charge in [0.1, 0.15) is 17.3 Å². The number of ether oxygens (including phenoxy) is 2. The lowest BCUT2D eigenvalue weighted by Crippen LogP contribution is -2.36. The minimum atomic E-state index is -3.87. The SMILES string of the molecule is O=C1c2ccc(Oc3ccc(NS(=O)(=O)c4ccc(F)cc4)cc3)cc2C(=O)N1CC1CCCO1. The van der Waals surface area contributed by atoms with Gasteiger partial charge in [-0.1, -0.05) is 0 Å². The van der Waals surface area contributed by atoms with E-state index in [1.54, 1.807) is 24.3 Å². The summed E-state index contributed by atoms with van der Waals surface area (Å²) in [6.45, 7) is 0.871. The fourth-order valence-corrected chi connectivity index (χ4v) is 5.10. The number of fused-ring (bicyclic) bond motifs is 1. The second kappa shape index (κ2) is 9.12. The molecule has 180 valence electrons. The Hall–Kier alpha value is -3.76. The van der Waals surface area contributed by atoms with Gasteiger partial charge in [0.2, 0.25) is 0 Å². The average Bonchev–Trinajstić information content (AvgIpc) is 3.43. The molecule has 1 N–H and O–H groups in total. The van der Waals surface area contributed by atoms with Gasteiger partial charge in [0.05, 0.1) is 28.7 Å². The van der Waals surface area contributed by atoms with Crippen LogP contribution in [0.4, 0.5) is 10.1 Å². The van der Waals surface area contributed by atoms with Gasteiger partial charge in [-0.3, -0.25) is 19.2 Å². The maximum atomic E-state index is 13.1. The molecular formula is C25H21FN2O6S. The fourth-order valence-electron chi connectivity index (χ4n) is 4.05. The van der Waals surface area contributed by atoms with Gasteiger partial charge in [-0.2, -0.15) is 0 Å². The lowest BCUT2D eigenvalue weighted by atomic mass is 10.1. The zero-order valence-corrected chi connectivity index (χ0v) is 19.3. The van der Waals surface area contributed by atoms with Gasteiger partial charge in [-0.05, 0) is 79.6 Å². The quantitative estimate of drug-likeness (QED) is 0.492. The van der Waals surface area contributed by atoms with Crippen molar-refractivity contribution in [2.45, 2.75) is 23.8 Å². The fraction of sp³-hybridized carbons (Fsp3) is 0.200. The van der Waals surface area contributed by atoms with E-state index < -0.39 is 15.8 Å². The van der Waals surface area contributed by atoms with Gasteiger partial charge in [0.15, 0.2) is 0 Å². The van der Waals surface area contributed by atoms with E-state index in [2.05, 4.69) is 4.72 Å². The monoisotopic (exact) mass is 496 g/mol. The molecule has 3 aromatic rings. The Balaban J connectivity index is 1.27. The molecule has 1 saturated heterocycles. The summed E-state index contributed by atoms with van der Waals surface area (Å²) in [6.07, 6.45) is 1.60. The van der Waals surface area contributed by atoms with Crippen molar-refractivity contribution >= 4 is 27.5 Å². The van der Waals surface area contributed by atoms with Gasteiger partial charge in [0.25, 0.3) is 21.8 Å². The largest absolute Gasteiger partial charge is 0.457 e. The molecule has 0 saturated carbocycles. The highest BCUT2D eigenvalue weighted by Gasteiger charge is 2.37. The molecule has 2 amide bonds. The van der Waals surface area contributed by atoms with Crippen LogP contribution in [0.25, 0.3) is 0 Å². The molecule has 0 bridgehead atoms. The summed E-state index contributed by atoms with van der Waals surface area (Å²) in [6, 6.07) is 15.3. The Labute approximate surface area is 201 Å². The zero-order chi connectivity index (χ0) is 24.6. The number of anilines is 1. The minimum Gasteiger partial charge on any atom is -0.457 e. The molecule has 2 aliphatic heterocycles. The molecule has 2 heterocycles. The van der Waals surface area contributed by atoms with Crippen LogP contribution in [0, 0.1) is 5.82 Å². The first-order valence-corrected chi connectivity index (χ1v) is 12.5. The summed E-state index contributed by atoms with van der Waals surface area (Å²) in [5, 5.41) is 0. The van der Waals surface area contributed by atoms with E-state index >= 15 is 0 Å². The number of hydrogen-bond acceptors (Lipinski definition) is 6. The van der Waals surface area contributed by atoms with Crippen LogP contribution in [0.15, 0.2) is 71.6 Å². The van der Waals surface area contributed by atoms with Crippen molar-refractivity contribution in [1.82, 2.24) is 4.90 Å². The molecule has 0 aromatic heterocycles. The van der Waals surface area contributed by atoms with Crippen LogP contribution in [-0.4, -0.2) is 44.4 Å². The summed E-state index contributed by atoms with van der Waals surface area (Å²) >= 11 is 0. The topological polar surface area (TPSA) is 102 Å². The van der Waals surface area contributed by atoms with Crippen LogP contribution in [0.3, 0.4) is 0 Å². The number of nitrogens with one attached hydrogen (secondary N) is 1. The van der Waals surface area contributed by atoms with Crippen molar-refractivity contribution in [3.05, 3.63) is 83.7 Å². The third-order valence-electron chi connectivity index (χ3n) is 5.82. The number of hydrogen-bond donors (Lipinski definition) is 1. The normalized spacial score (nSPS) is 17.5. The maximum Gasteiger partial charge on any atom is 0.261 e. The number of nitrogens with zero attached hydrogens (tertiary/aromatic N) is 1. The van der Waals surface area contributed by atoms with Crippen LogP contribution in [-0.2, 0) is 14.8 Å². The number of halogens is 1. The van der Waals surface area contributed by atoms with Crippen molar-refractivity contribution < 1.29 is 31.9 Å². The van der Waals surface area contributed by atoms with Crippen molar-refractivity contribution in [2.24, 2.45) is 0 Å². The van der Waals surface area contributed by atoms with E-state index in [0.29, 0.717) is 29.4 Å². The Bertz CT molecular complexity index is 1380. The molecule has 10 heteroatoms. The second-order valence-corrected chi connectivity index (χ2v) is 9.93. The predicted octanol–water partition coefficient (Wildman–Crippen LogP) is 4.19. The van der Waals surface area contributed by atoms with Crippen LogP contribution in [0.2, 0.25) is 0 Å². The lowest BCUT2D eigenvalue weighted by molar-refractivity contribution is 0.0475. The van der Waals surface area contributed by atoms with Crippen LogP contribution < -0.4 is 9.46 Å². The first kappa shape index (κ1) is 23.0. The third kappa shape index (κ3) is 4.75. The Morgan fingerprint density at radius 2 is 1.63 bits per heavy atom. The number of rotatable bonds is 7.